The van der Waals surface area contributed by atoms with Crippen LogP contribution < -0.4 is 5.32 Å². The number of aliphatic imine (C=N–C) groups is 1. The van der Waals surface area contributed by atoms with Crippen LogP contribution in [-0.2, 0) is 13.6 Å². The summed E-state index contributed by atoms with van der Waals surface area (Å²) in [6.07, 6.45) is 2.05. The van der Waals surface area contributed by atoms with Crippen LogP contribution in [0.5, 0.6) is 0 Å². The van der Waals surface area contributed by atoms with Gasteiger partial charge in [-0.25, -0.2) is 0 Å². The van der Waals surface area contributed by atoms with Crippen molar-refractivity contribution in [2.24, 2.45) is 12.0 Å². The Morgan fingerprint density at radius 1 is 1.59 bits per heavy atom. The predicted octanol–water partition coefficient (Wildman–Crippen LogP) is 2.43. The maximum absolute atomic E-state index is 4.22. The van der Waals surface area contributed by atoms with E-state index in [4.69, 9.17) is 0 Å². The van der Waals surface area contributed by atoms with Crippen molar-refractivity contribution >= 4 is 45.9 Å². The topological polar surface area (TPSA) is 32.6 Å². The Morgan fingerprint density at radius 3 is 2.65 bits per heavy atom. The number of guanidine groups is 1. The molecule has 0 unspecified atom stereocenters. The molecular formula is C11H20BrIN4. The molecule has 0 spiro atoms. The highest BCUT2D eigenvalue weighted by Gasteiger charge is 2.08. The van der Waals surface area contributed by atoms with Crippen molar-refractivity contribution in [2.75, 3.05) is 20.6 Å². The largest absolute Gasteiger partial charge is 0.357 e. The number of nitrogens with one attached hydrogen (secondary N) is 1. The Bertz CT molecular complexity index is 376. The Kier molecular flexibility index (Phi) is 7.85. The minimum Gasteiger partial charge on any atom is -0.357 e. The number of rotatable bonds is 3. The summed E-state index contributed by atoms with van der Waals surface area (Å²) in [6.45, 7) is 3.79. The van der Waals surface area contributed by atoms with Gasteiger partial charge in [-0.05, 0) is 28.9 Å². The maximum atomic E-state index is 4.22. The molecule has 4 nitrogen and oxygen atoms in total. The molecule has 0 bridgehead atoms. The summed E-state index contributed by atoms with van der Waals surface area (Å²) in [4.78, 5) is 6.32. The van der Waals surface area contributed by atoms with Crippen molar-refractivity contribution in [3.8, 4) is 0 Å². The van der Waals surface area contributed by atoms with E-state index in [9.17, 15) is 0 Å². The number of aromatic nitrogens is 1. The lowest BCUT2D eigenvalue weighted by Gasteiger charge is -2.21. The molecule has 0 aliphatic heterocycles. The number of hydrogen-bond acceptors (Lipinski definition) is 1. The van der Waals surface area contributed by atoms with E-state index in [1.165, 1.54) is 5.69 Å². The van der Waals surface area contributed by atoms with Gasteiger partial charge in [-0.3, -0.25) is 4.99 Å². The third-order valence-corrected chi connectivity index (χ3v) is 2.82. The van der Waals surface area contributed by atoms with Gasteiger partial charge in [0.1, 0.15) is 0 Å². The highest BCUT2D eigenvalue weighted by molar-refractivity contribution is 14.0. The summed E-state index contributed by atoms with van der Waals surface area (Å²) in [5.41, 5.74) is 1.24. The minimum absolute atomic E-state index is 0. The van der Waals surface area contributed by atoms with Gasteiger partial charge in [-0.1, -0.05) is 0 Å². The van der Waals surface area contributed by atoms with E-state index in [1.807, 2.05) is 14.1 Å². The third-order valence-electron chi connectivity index (χ3n) is 2.38. The number of halogens is 2. The number of aryl methyl sites for hydroxylation is 1. The van der Waals surface area contributed by atoms with E-state index in [-0.39, 0.29) is 24.0 Å². The Balaban J connectivity index is 0.00000256. The van der Waals surface area contributed by atoms with Crippen molar-refractivity contribution in [1.29, 1.82) is 0 Å². The van der Waals surface area contributed by atoms with E-state index >= 15 is 0 Å². The normalized spacial score (nSPS) is 11.0. The van der Waals surface area contributed by atoms with Gasteiger partial charge in [0.05, 0.1) is 6.54 Å². The third kappa shape index (κ3) is 4.87. The molecule has 0 fully saturated rings. The summed E-state index contributed by atoms with van der Waals surface area (Å²) >= 11 is 3.47. The smallest absolute Gasteiger partial charge is 0.193 e. The van der Waals surface area contributed by atoms with Crippen LogP contribution in [0.15, 0.2) is 21.7 Å². The quantitative estimate of drug-likeness (QED) is 0.468. The molecule has 1 rings (SSSR count). The molecule has 6 heteroatoms. The SMILES string of the molecule is CCNC(=NC)N(C)Cc1cc(Br)cn1C.I. The van der Waals surface area contributed by atoms with E-state index in [2.05, 4.69) is 54.9 Å². The molecule has 0 aliphatic carbocycles. The highest BCUT2D eigenvalue weighted by Crippen LogP contribution is 2.14. The molecule has 0 amide bonds. The Morgan fingerprint density at radius 2 is 2.24 bits per heavy atom. The summed E-state index contributed by atoms with van der Waals surface area (Å²) in [5, 5.41) is 3.23. The molecule has 0 saturated heterocycles. The monoisotopic (exact) mass is 414 g/mol. The molecule has 17 heavy (non-hydrogen) atoms. The number of nitrogens with zero attached hydrogens (tertiary/aromatic N) is 3. The van der Waals surface area contributed by atoms with E-state index in [1.54, 1.807) is 7.05 Å². The fourth-order valence-corrected chi connectivity index (χ4v) is 2.16. The lowest BCUT2D eigenvalue weighted by Crippen LogP contribution is -2.38. The van der Waals surface area contributed by atoms with Crippen LogP contribution in [0.25, 0.3) is 0 Å². The standard InChI is InChI=1S/C11H19BrN4.HI/c1-5-14-11(13-2)16(4)8-10-6-9(12)7-15(10)3;/h6-7H,5,8H2,1-4H3,(H,13,14);1H. The van der Waals surface area contributed by atoms with Crippen molar-refractivity contribution in [3.05, 3.63) is 22.4 Å². The second kappa shape index (κ2) is 7.97. The van der Waals surface area contributed by atoms with Gasteiger partial charge in [-0.15, -0.1) is 24.0 Å². The van der Waals surface area contributed by atoms with Gasteiger partial charge >= 0.3 is 0 Å². The van der Waals surface area contributed by atoms with Crippen molar-refractivity contribution in [2.45, 2.75) is 13.5 Å². The first-order valence-corrected chi connectivity index (χ1v) is 6.10. The van der Waals surface area contributed by atoms with Crippen molar-refractivity contribution in [3.63, 3.8) is 0 Å². The van der Waals surface area contributed by atoms with E-state index in [0.717, 1.165) is 23.5 Å². The lowest BCUT2D eigenvalue weighted by atomic mass is 10.4. The second-order valence-electron chi connectivity index (χ2n) is 3.69. The highest BCUT2D eigenvalue weighted by atomic mass is 127. The van der Waals surface area contributed by atoms with Gasteiger partial charge in [0, 0.05) is 44.1 Å². The molecule has 1 aromatic heterocycles. The summed E-state index contributed by atoms with van der Waals surface area (Å²) in [7, 11) is 5.88. The zero-order valence-corrected chi connectivity index (χ0v) is 14.6. The average Bonchev–Trinajstić information content (AvgIpc) is 2.53. The van der Waals surface area contributed by atoms with Gasteiger partial charge in [0.15, 0.2) is 5.96 Å². The van der Waals surface area contributed by atoms with Gasteiger partial charge in [0.25, 0.3) is 0 Å². The number of hydrogen-bond donors (Lipinski definition) is 1. The molecule has 98 valence electrons. The minimum atomic E-state index is 0. The molecule has 0 saturated carbocycles. The Labute approximate surface area is 129 Å². The molecule has 0 aliphatic rings. The van der Waals surface area contributed by atoms with Crippen molar-refractivity contribution in [1.82, 2.24) is 14.8 Å². The molecule has 0 atom stereocenters. The Hall–Kier alpha value is -0.240. The zero-order chi connectivity index (χ0) is 12.1. The molecule has 1 aromatic rings. The van der Waals surface area contributed by atoms with Crippen molar-refractivity contribution < 1.29 is 0 Å². The van der Waals surface area contributed by atoms with E-state index in [0.29, 0.717) is 0 Å². The molecule has 0 aromatic carbocycles. The molecule has 1 N–H and O–H groups in total. The van der Waals surface area contributed by atoms with Crippen LogP contribution in [0.4, 0.5) is 0 Å². The maximum Gasteiger partial charge on any atom is 0.193 e. The van der Waals surface area contributed by atoms with E-state index < -0.39 is 0 Å². The molecule has 1 heterocycles. The fraction of sp³-hybridized carbons (Fsp3) is 0.545. The van der Waals surface area contributed by atoms with Gasteiger partial charge < -0.3 is 14.8 Å². The van der Waals surface area contributed by atoms with Crippen LogP contribution in [-0.4, -0.2) is 36.1 Å². The summed E-state index contributed by atoms with van der Waals surface area (Å²) in [5.74, 6) is 0.917. The van der Waals surface area contributed by atoms with Crippen LogP contribution in [0.1, 0.15) is 12.6 Å². The van der Waals surface area contributed by atoms with Crippen LogP contribution in [0, 0.1) is 0 Å². The zero-order valence-electron chi connectivity index (χ0n) is 10.7. The average molecular weight is 415 g/mol. The first-order valence-electron chi connectivity index (χ1n) is 5.31. The first-order chi connectivity index (χ1) is 7.58. The molecular weight excluding hydrogens is 395 g/mol. The molecule has 0 radical (unpaired) electrons. The van der Waals surface area contributed by atoms with Crippen LogP contribution in [0.3, 0.4) is 0 Å². The van der Waals surface area contributed by atoms with Gasteiger partial charge in [0.2, 0.25) is 0 Å². The second-order valence-corrected chi connectivity index (χ2v) is 4.61. The summed E-state index contributed by atoms with van der Waals surface area (Å²) in [6, 6.07) is 2.12. The van der Waals surface area contributed by atoms with Gasteiger partial charge in [-0.2, -0.15) is 0 Å². The van der Waals surface area contributed by atoms with Crippen LogP contribution in [0.2, 0.25) is 0 Å². The summed E-state index contributed by atoms with van der Waals surface area (Å²) < 4.78 is 3.22. The predicted molar refractivity (Wildman–Crippen MR) is 87.0 cm³/mol. The lowest BCUT2D eigenvalue weighted by molar-refractivity contribution is 0.464. The first kappa shape index (κ1) is 16.8. The van der Waals surface area contributed by atoms with Crippen LogP contribution >= 0.6 is 39.9 Å². The fourth-order valence-electron chi connectivity index (χ4n) is 1.58.